The van der Waals surface area contributed by atoms with E-state index in [4.69, 9.17) is 0 Å². The number of rotatable bonds is 7. The van der Waals surface area contributed by atoms with Crippen LogP contribution in [0.3, 0.4) is 0 Å². The number of nitrogens with one attached hydrogen (secondary N) is 1. The predicted octanol–water partition coefficient (Wildman–Crippen LogP) is 2.89. The Morgan fingerprint density at radius 2 is 1.59 bits per heavy atom. The van der Waals surface area contributed by atoms with Crippen LogP contribution in [0.5, 0.6) is 0 Å². The Labute approximate surface area is 103 Å². The minimum Gasteiger partial charge on any atom is -0.314 e. The van der Waals surface area contributed by atoms with Gasteiger partial charge in [0, 0.05) is 18.6 Å². The number of hydrogen-bond acceptors (Lipinski definition) is 2. The summed E-state index contributed by atoms with van der Waals surface area (Å²) in [6.07, 6.45) is -4.12. The number of halogens is 3. The van der Waals surface area contributed by atoms with Gasteiger partial charge in [-0.1, -0.05) is 20.8 Å². The fraction of sp³-hybridized carbons (Fsp3) is 1.00. The molecule has 17 heavy (non-hydrogen) atoms. The Bertz CT molecular complexity index is 202. The Kier molecular flexibility index (Phi) is 7.09. The average molecular weight is 254 g/mol. The molecule has 0 aromatic rings. The summed E-state index contributed by atoms with van der Waals surface area (Å²) in [6, 6.07) is 0.283. The molecule has 2 nitrogen and oxygen atoms in total. The molecule has 0 heterocycles. The molecule has 5 heteroatoms. The van der Waals surface area contributed by atoms with Gasteiger partial charge in [0.15, 0.2) is 0 Å². The monoisotopic (exact) mass is 254 g/mol. The van der Waals surface area contributed by atoms with Crippen LogP contribution in [-0.4, -0.2) is 42.8 Å². The molecule has 0 aromatic heterocycles. The molecule has 1 N–H and O–H groups in total. The van der Waals surface area contributed by atoms with Crippen molar-refractivity contribution in [1.29, 1.82) is 0 Å². The Hall–Kier alpha value is -0.290. The molecule has 0 spiro atoms. The van der Waals surface area contributed by atoms with Crippen molar-refractivity contribution in [2.75, 3.05) is 19.6 Å². The van der Waals surface area contributed by atoms with Crippen LogP contribution in [0.25, 0.3) is 0 Å². The molecule has 1 atom stereocenters. The van der Waals surface area contributed by atoms with Gasteiger partial charge in [-0.2, -0.15) is 13.2 Å². The highest BCUT2D eigenvalue weighted by Crippen LogP contribution is 2.18. The molecule has 1 unspecified atom stereocenters. The highest BCUT2D eigenvalue weighted by molar-refractivity contribution is 4.71. The first-order chi connectivity index (χ1) is 7.61. The van der Waals surface area contributed by atoms with Gasteiger partial charge < -0.3 is 5.32 Å². The molecule has 104 valence electrons. The SMILES string of the molecule is CC(CNC(C)C)CN(CC(F)(F)F)C(C)C. The Balaban J connectivity index is 4.16. The molecule has 0 aliphatic rings. The van der Waals surface area contributed by atoms with Crippen LogP contribution in [0.4, 0.5) is 13.2 Å². The van der Waals surface area contributed by atoms with Crippen LogP contribution in [-0.2, 0) is 0 Å². The summed E-state index contributed by atoms with van der Waals surface area (Å²) in [5, 5.41) is 3.24. The van der Waals surface area contributed by atoms with E-state index in [0.29, 0.717) is 12.6 Å². The maximum absolute atomic E-state index is 12.4. The third-order valence-corrected chi connectivity index (χ3v) is 2.53. The maximum atomic E-state index is 12.4. The molecule has 0 radical (unpaired) electrons. The summed E-state index contributed by atoms with van der Waals surface area (Å²) in [7, 11) is 0. The fourth-order valence-electron chi connectivity index (χ4n) is 1.59. The van der Waals surface area contributed by atoms with Crippen molar-refractivity contribution in [2.24, 2.45) is 5.92 Å². The molecule has 0 amide bonds. The molecule has 0 saturated carbocycles. The second-order valence-corrected chi connectivity index (χ2v) is 5.31. The van der Waals surface area contributed by atoms with Crippen molar-refractivity contribution in [3.8, 4) is 0 Å². The topological polar surface area (TPSA) is 15.3 Å². The van der Waals surface area contributed by atoms with E-state index >= 15 is 0 Å². The lowest BCUT2D eigenvalue weighted by Crippen LogP contribution is -2.43. The smallest absolute Gasteiger partial charge is 0.314 e. The van der Waals surface area contributed by atoms with Gasteiger partial charge in [-0.3, -0.25) is 4.90 Å². The van der Waals surface area contributed by atoms with Crippen LogP contribution in [0.15, 0.2) is 0 Å². The van der Waals surface area contributed by atoms with E-state index in [2.05, 4.69) is 5.32 Å². The van der Waals surface area contributed by atoms with Crippen molar-refractivity contribution < 1.29 is 13.2 Å². The first-order valence-corrected chi connectivity index (χ1v) is 6.16. The minimum absolute atomic E-state index is 0.0851. The van der Waals surface area contributed by atoms with Gasteiger partial charge in [-0.05, 0) is 26.3 Å². The summed E-state index contributed by atoms with van der Waals surface area (Å²) in [4.78, 5) is 1.48. The second-order valence-electron chi connectivity index (χ2n) is 5.31. The van der Waals surface area contributed by atoms with Gasteiger partial charge >= 0.3 is 6.18 Å². The lowest BCUT2D eigenvalue weighted by atomic mass is 10.1. The molecule has 0 rings (SSSR count). The molecular weight excluding hydrogens is 229 g/mol. The van der Waals surface area contributed by atoms with Crippen molar-refractivity contribution >= 4 is 0 Å². The van der Waals surface area contributed by atoms with Gasteiger partial charge in [-0.25, -0.2) is 0 Å². The predicted molar refractivity (Wildman–Crippen MR) is 65.1 cm³/mol. The highest BCUT2D eigenvalue weighted by Gasteiger charge is 2.32. The van der Waals surface area contributed by atoms with Crippen LogP contribution < -0.4 is 5.32 Å². The van der Waals surface area contributed by atoms with Gasteiger partial charge in [-0.15, -0.1) is 0 Å². The first kappa shape index (κ1) is 16.7. The van der Waals surface area contributed by atoms with Crippen molar-refractivity contribution in [3.05, 3.63) is 0 Å². The number of nitrogens with zero attached hydrogens (tertiary/aromatic N) is 1. The van der Waals surface area contributed by atoms with E-state index in [9.17, 15) is 13.2 Å². The first-order valence-electron chi connectivity index (χ1n) is 6.16. The molecular formula is C12H25F3N2. The zero-order valence-electron chi connectivity index (χ0n) is 11.4. The molecule has 0 aliphatic heterocycles. The second kappa shape index (κ2) is 7.21. The van der Waals surface area contributed by atoms with E-state index in [1.807, 2.05) is 20.8 Å². The van der Waals surface area contributed by atoms with Gasteiger partial charge in [0.1, 0.15) is 0 Å². The van der Waals surface area contributed by atoms with Crippen molar-refractivity contribution in [2.45, 2.75) is 52.9 Å². The highest BCUT2D eigenvalue weighted by atomic mass is 19.4. The third-order valence-electron chi connectivity index (χ3n) is 2.53. The quantitative estimate of drug-likeness (QED) is 0.751. The fourth-order valence-corrected chi connectivity index (χ4v) is 1.59. The van der Waals surface area contributed by atoms with Crippen molar-refractivity contribution in [3.63, 3.8) is 0 Å². The standard InChI is InChI=1S/C12H25F3N2/c1-9(2)16-6-11(5)7-17(10(3)4)8-12(13,14)15/h9-11,16H,6-8H2,1-5H3. The Morgan fingerprint density at radius 1 is 1.06 bits per heavy atom. The van der Waals surface area contributed by atoms with Crippen LogP contribution >= 0.6 is 0 Å². The van der Waals surface area contributed by atoms with E-state index in [0.717, 1.165) is 6.54 Å². The van der Waals surface area contributed by atoms with Gasteiger partial charge in [0.05, 0.1) is 6.54 Å². The summed E-state index contributed by atoms with van der Waals surface area (Å²) in [5.74, 6) is 0.210. The normalized spacial score (nSPS) is 15.0. The average Bonchev–Trinajstić information content (AvgIpc) is 2.11. The minimum atomic E-state index is -4.12. The van der Waals surface area contributed by atoms with E-state index in [1.54, 1.807) is 13.8 Å². The molecule has 0 bridgehead atoms. The zero-order chi connectivity index (χ0) is 13.6. The van der Waals surface area contributed by atoms with Gasteiger partial charge in [0.2, 0.25) is 0 Å². The number of alkyl halides is 3. The largest absolute Gasteiger partial charge is 0.401 e. The van der Waals surface area contributed by atoms with Crippen LogP contribution in [0.1, 0.15) is 34.6 Å². The van der Waals surface area contributed by atoms with Gasteiger partial charge in [0.25, 0.3) is 0 Å². The summed E-state index contributed by atoms with van der Waals surface area (Å²) in [6.45, 7) is 10.0. The van der Waals surface area contributed by atoms with Crippen LogP contribution in [0, 0.1) is 5.92 Å². The van der Waals surface area contributed by atoms with E-state index < -0.39 is 12.7 Å². The lowest BCUT2D eigenvalue weighted by Gasteiger charge is -2.30. The molecule has 0 aromatic carbocycles. The Morgan fingerprint density at radius 3 is 1.94 bits per heavy atom. The molecule has 0 aliphatic carbocycles. The molecule has 0 saturated heterocycles. The zero-order valence-corrected chi connectivity index (χ0v) is 11.4. The summed E-state index contributed by atoms with van der Waals surface area (Å²) in [5.41, 5.74) is 0. The van der Waals surface area contributed by atoms with Crippen molar-refractivity contribution in [1.82, 2.24) is 10.2 Å². The third kappa shape index (κ3) is 9.41. The number of hydrogen-bond donors (Lipinski definition) is 1. The van der Waals surface area contributed by atoms with E-state index in [1.165, 1.54) is 4.90 Å². The van der Waals surface area contributed by atoms with Crippen LogP contribution in [0.2, 0.25) is 0 Å². The maximum Gasteiger partial charge on any atom is 0.401 e. The lowest BCUT2D eigenvalue weighted by molar-refractivity contribution is -0.150. The van der Waals surface area contributed by atoms with E-state index in [-0.39, 0.29) is 12.0 Å². The summed E-state index contributed by atoms with van der Waals surface area (Å²) >= 11 is 0. The summed E-state index contributed by atoms with van der Waals surface area (Å²) < 4.78 is 37.1. The molecule has 0 fully saturated rings.